The molecule has 0 saturated carbocycles. The van der Waals surface area contributed by atoms with Gasteiger partial charge in [0.05, 0.1) is 18.4 Å². The average molecular weight is 322 g/mol. The zero-order valence-electron chi connectivity index (χ0n) is 12.3. The summed E-state index contributed by atoms with van der Waals surface area (Å²) in [6.45, 7) is 2.53. The number of hydrogen-bond donors (Lipinski definition) is 0. The van der Waals surface area contributed by atoms with Gasteiger partial charge in [-0.1, -0.05) is 35.5 Å². The minimum atomic E-state index is -3.47. The Morgan fingerprint density at radius 2 is 2.05 bits per heavy atom. The molecule has 7 heteroatoms. The average Bonchev–Trinajstić information content (AvgIpc) is 3.00. The van der Waals surface area contributed by atoms with E-state index in [-0.39, 0.29) is 17.9 Å². The first-order valence-corrected chi connectivity index (χ1v) is 8.72. The van der Waals surface area contributed by atoms with Crippen LogP contribution in [0.25, 0.3) is 0 Å². The summed E-state index contributed by atoms with van der Waals surface area (Å²) in [7, 11) is -3.47. The third kappa shape index (κ3) is 3.21. The van der Waals surface area contributed by atoms with Gasteiger partial charge < -0.3 is 9.26 Å². The first-order chi connectivity index (χ1) is 10.6. The van der Waals surface area contributed by atoms with Gasteiger partial charge in [0, 0.05) is 18.7 Å². The van der Waals surface area contributed by atoms with Crippen LogP contribution in [0.3, 0.4) is 0 Å². The summed E-state index contributed by atoms with van der Waals surface area (Å²) in [5.41, 5.74) is 1.39. The molecule has 3 rings (SSSR count). The van der Waals surface area contributed by atoms with Gasteiger partial charge in [0.25, 0.3) is 0 Å². The lowest BCUT2D eigenvalue weighted by Gasteiger charge is -2.37. The van der Waals surface area contributed by atoms with E-state index in [2.05, 4.69) is 5.16 Å². The van der Waals surface area contributed by atoms with Crippen LogP contribution in [0.4, 0.5) is 0 Å². The first kappa shape index (κ1) is 15.2. The molecule has 0 radical (unpaired) electrons. The van der Waals surface area contributed by atoms with Gasteiger partial charge in [0.1, 0.15) is 12.0 Å². The number of benzene rings is 1. The van der Waals surface area contributed by atoms with Crippen molar-refractivity contribution in [2.75, 3.05) is 13.2 Å². The predicted octanol–water partition coefficient (Wildman–Crippen LogP) is 1.97. The largest absolute Gasteiger partial charge is 0.370 e. The van der Waals surface area contributed by atoms with Gasteiger partial charge in [-0.05, 0) is 12.5 Å². The highest BCUT2D eigenvalue weighted by Crippen LogP contribution is 2.27. The second-order valence-electron chi connectivity index (χ2n) is 5.40. The summed E-state index contributed by atoms with van der Waals surface area (Å²) in [6, 6.07) is 11.0. The Labute approximate surface area is 129 Å². The Morgan fingerprint density at radius 1 is 1.27 bits per heavy atom. The van der Waals surface area contributed by atoms with Crippen molar-refractivity contribution in [3.05, 3.63) is 53.9 Å². The highest BCUT2D eigenvalue weighted by atomic mass is 32.2. The monoisotopic (exact) mass is 322 g/mol. The van der Waals surface area contributed by atoms with Gasteiger partial charge in [-0.3, -0.25) is 0 Å². The molecule has 0 aliphatic carbocycles. The first-order valence-electron chi connectivity index (χ1n) is 7.11. The number of sulfonamides is 1. The van der Waals surface area contributed by atoms with Crippen LogP contribution >= 0.6 is 0 Å². The highest BCUT2D eigenvalue weighted by Gasteiger charge is 2.35. The van der Waals surface area contributed by atoms with E-state index in [0.29, 0.717) is 18.8 Å². The predicted molar refractivity (Wildman–Crippen MR) is 80.4 cm³/mol. The molecule has 1 aliphatic heterocycles. The van der Waals surface area contributed by atoms with Crippen molar-refractivity contribution < 1.29 is 17.7 Å². The summed E-state index contributed by atoms with van der Waals surface area (Å²) >= 11 is 0. The maximum Gasteiger partial charge on any atom is 0.220 e. The van der Waals surface area contributed by atoms with Crippen molar-refractivity contribution in [2.24, 2.45) is 0 Å². The van der Waals surface area contributed by atoms with Crippen LogP contribution in [0.15, 0.2) is 47.2 Å². The molecule has 0 amide bonds. The Balaban J connectivity index is 1.79. The fraction of sp³-hybridized carbons (Fsp3) is 0.400. The van der Waals surface area contributed by atoms with Gasteiger partial charge in [0.15, 0.2) is 0 Å². The molecule has 118 valence electrons. The third-order valence-electron chi connectivity index (χ3n) is 3.73. The molecule has 2 aromatic rings. The standard InChI is InChI=1S/C15H18N2O4S/c1-12-10-20-15(13-5-3-2-4-6-13)9-17(12)22(18,19)11-14-7-8-21-16-14/h2-8,12,15H,9-11H2,1H3. The normalized spacial score (nSPS) is 23.5. The molecule has 2 heterocycles. The van der Waals surface area contributed by atoms with Crippen LogP contribution in [-0.2, 0) is 20.5 Å². The lowest BCUT2D eigenvalue weighted by Crippen LogP contribution is -2.48. The molecule has 0 N–H and O–H groups in total. The molecule has 1 aromatic carbocycles. The lowest BCUT2D eigenvalue weighted by molar-refractivity contribution is -0.0289. The third-order valence-corrected chi connectivity index (χ3v) is 5.61. The quantitative estimate of drug-likeness (QED) is 0.860. The molecule has 2 unspecified atom stereocenters. The Bertz CT molecular complexity index is 700. The van der Waals surface area contributed by atoms with Gasteiger partial charge in [0.2, 0.25) is 10.0 Å². The van der Waals surface area contributed by atoms with Crippen molar-refractivity contribution in [3.63, 3.8) is 0 Å². The van der Waals surface area contributed by atoms with E-state index in [1.165, 1.54) is 10.6 Å². The molecule has 6 nitrogen and oxygen atoms in total. The number of hydrogen-bond acceptors (Lipinski definition) is 5. The molecule has 1 aliphatic rings. The molecule has 0 spiro atoms. The number of nitrogens with zero attached hydrogens (tertiary/aromatic N) is 2. The second-order valence-corrected chi connectivity index (χ2v) is 7.32. The topological polar surface area (TPSA) is 72.6 Å². The minimum absolute atomic E-state index is 0.157. The van der Waals surface area contributed by atoms with Crippen molar-refractivity contribution in [1.82, 2.24) is 9.46 Å². The summed E-state index contributed by atoms with van der Waals surface area (Å²) in [4.78, 5) is 0. The van der Waals surface area contributed by atoms with Crippen LogP contribution in [-0.4, -0.2) is 37.1 Å². The van der Waals surface area contributed by atoms with E-state index in [1.54, 1.807) is 6.07 Å². The van der Waals surface area contributed by atoms with Crippen LogP contribution in [0.5, 0.6) is 0 Å². The fourth-order valence-electron chi connectivity index (χ4n) is 2.57. The zero-order valence-corrected chi connectivity index (χ0v) is 13.1. The van der Waals surface area contributed by atoms with Crippen LogP contribution < -0.4 is 0 Å². The van der Waals surface area contributed by atoms with Gasteiger partial charge in [-0.15, -0.1) is 0 Å². The van der Waals surface area contributed by atoms with E-state index in [4.69, 9.17) is 9.26 Å². The molecule has 2 atom stereocenters. The van der Waals surface area contributed by atoms with E-state index in [0.717, 1.165) is 5.56 Å². The van der Waals surface area contributed by atoms with Crippen LogP contribution in [0, 0.1) is 0 Å². The van der Waals surface area contributed by atoms with Crippen molar-refractivity contribution in [1.29, 1.82) is 0 Å². The molecular weight excluding hydrogens is 304 g/mol. The van der Waals surface area contributed by atoms with Crippen LogP contribution in [0.2, 0.25) is 0 Å². The van der Waals surface area contributed by atoms with Gasteiger partial charge in [-0.2, -0.15) is 4.31 Å². The molecule has 0 bridgehead atoms. The van der Waals surface area contributed by atoms with Crippen molar-refractivity contribution in [2.45, 2.75) is 24.8 Å². The Hall–Kier alpha value is -1.70. The Kier molecular flexibility index (Phi) is 4.28. The molecule has 1 saturated heterocycles. The maximum absolute atomic E-state index is 12.6. The van der Waals surface area contributed by atoms with Crippen LogP contribution in [0.1, 0.15) is 24.3 Å². The summed E-state index contributed by atoms with van der Waals surface area (Å²) < 4.78 is 37.3. The maximum atomic E-state index is 12.6. The smallest absolute Gasteiger partial charge is 0.220 e. The van der Waals surface area contributed by atoms with E-state index >= 15 is 0 Å². The van der Waals surface area contributed by atoms with Gasteiger partial charge in [-0.25, -0.2) is 8.42 Å². The summed E-state index contributed by atoms with van der Waals surface area (Å²) in [5, 5.41) is 3.69. The minimum Gasteiger partial charge on any atom is -0.370 e. The van der Waals surface area contributed by atoms with Gasteiger partial charge >= 0.3 is 0 Å². The molecular formula is C15H18N2O4S. The number of aromatic nitrogens is 1. The number of ether oxygens (including phenoxy) is 1. The van der Waals surface area contributed by atoms with Crippen molar-refractivity contribution in [3.8, 4) is 0 Å². The molecule has 1 aromatic heterocycles. The summed E-state index contributed by atoms with van der Waals surface area (Å²) in [6.07, 6.45) is 1.13. The zero-order chi connectivity index (χ0) is 15.6. The second kappa shape index (κ2) is 6.20. The highest BCUT2D eigenvalue weighted by molar-refractivity contribution is 7.88. The number of rotatable bonds is 4. The van der Waals surface area contributed by atoms with E-state index in [1.807, 2.05) is 37.3 Å². The van der Waals surface area contributed by atoms with Crippen molar-refractivity contribution >= 4 is 10.0 Å². The van der Waals surface area contributed by atoms with E-state index < -0.39 is 10.0 Å². The fourth-order valence-corrected chi connectivity index (χ4v) is 4.23. The SMILES string of the molecule is CC1COC(c2ccccc2)CN1S(=O)(=O)Cc1ccon1. The lowest BCUT2D eigenvalue weighted by atomic mass is 10.1. The Morgan fingerprint density at radius 3 is 2.73 bits per heavy atom. The number of morpholine rings is 1. The molecule has 22 heavy (non-hydrogen) atoms. The summed E-state index contributed by atoms with van der Waals surface area (Å²) in [5.74, 6) is -0.157. The molecule has 1 fully saturated rings. The van der Waals surface area contributed by atoms with E-state index in [9.17, 15) is 8.42 Å².